The summed E-state index contributed by atoms with van der Waals surface area (Å²) in [5.41, 5.74) is 0.903. The molecule has 0 amide bonds. The minimum Gasteiger partial charge on any atom is -0.374 e. The topological polar surface area (TPSA) is 119 Å². The summed E-state index contributed by atoms with van der Waals surface area (Å²) in [5.74, 6) is 0. The van der Waals surface area contributed by atoms with E-state index in [0.29, 0.717) is 0 Å². The minimum absolute atomic E-state index is 0.0651. The van der Waals surface area contributed by atoms with Gasteiger partial charge in [-0.1, -0.05) is 30.3 Å². The van der Waals surface area contributed by atoms with Gasteiger partial charge in [0.15, 0.2) is 0 Å². The van der Waals surface area contributed by atoms with Gasteiger partial charge in [-0.05, 0) is 5.56 Å². The molecule has 0 aliphatic heterocycles. The summed E-state index contributed by atoms with van der Waals surface area (Å²) in [4.78, 5) is 17.6. The number of hydrogen-bond acceptors (Lipinski definition) is 6. The van der Waals surface area contributed by atoms with Crippen LogP contribution in [0.15, 0.2) is 30.3 Å². The Morgan fingerprint density at radius 2 is 1.82 bits per heavy atom. The normalized spacial score (nSPS) is 14.0. The Hall–Kier alpha value is -0.800. The molecule has 8 nitrogen and oxygen atoms in total. The van der Waals surface area contributed by atoms with Gasteiger partial charge in [-0.25, -0.2) is 0 Å². The Morgan fingerprint density at radius 3 is 2.36 bits per heavy atom. The molecular formula is C12H19O8PS. The highest BCUT2D eigenvalue weighted by Crippen LogP contribution is 2.34. The maximum atomic E-state index is 11.0. The first-order valence-corrected chi connectivity index (χ1v) is 9.89. The van der Waals surface area contributed by atoms with Gasteiger partial charge < -0.3 is 19.3 Å². The predicted octanol–water partition coefficient (Wildman–Crippen LogP) is 0.700. The lowest BCUT2D eigenvalue weighted by atomic mass is 10.2. The third kappa shape index (κ3) is 10.0. The van der Waals surface area contributed by atoms with E-state index in [1.54, 1.807) is 0 Å². The molecule has 0 saturated carbocycles. The van der Waals surface area contributed by atoms with Crippen LogP contribution in [0.2, 0.25) is 0 Å². The summed E-state index contributed by atoms with van der Waals surface area (Å²) in [6.45, 7) is -0.187. The standard InChI is InChI=1S/C12H19O8PS/c1-22(16,17)20-9-12(19-10-21(13,14)15)8-18-7-11-5-3-2-4-6-11/h2-6,12H,7-10H2,1H3,(H2,13,14,15)/t12-/m1/s1. The van der Waals surface area contributed by atoms with E-state index in [-0.39, 0.29) is 19.8 Å². The van der Waals surface area contributed by atoms with Crippen LogP contribution in [-0.2, 0) is 34.9 Å². The molecule has 0 bridgehead atoms. The van der Waals surface area contributed by atoms with Gasteiger partial charge in [0.2, 0.25) is 0 Å². The second-order valence-corrected chi connectivity index (χ2v) is 7.80. The number of ether oxygens (including phenoxy) is 2. The molecule has 1 aromatic carbocycles. The zero-order valence-electron chi connectivity index (χ0n) is 12.0. The van der Waals surface area contributed by atoms with Gasteiger partial charge >= 0.3 is 7.60 Å². The van der Waals surface area contributed by atoms with Crippen LogP contribution in [0.1, 0.15) is 5.56 Å². The molecule has 0 aromatic heterocycles. The summed E-state index contributed by atoms with van der Waals surface area (Å²) in [5, 5.41) is 0. The van der Waals surface area contributed by atoms with Crippen molar-refractivity contribution >= 4 is 17.7 Å². The molecule has 0 saturated heterocycles. The van der Waals surface area contributed by atoms with Crippen LogP contribution in [0.5, 0.6) is 0 Å². The van der Waals surface area contributed by atoms with E-state index in [2.05, 4.69) is 4.18 Å². The largest absolute Gasteiger partial charge is 0.374 e. The predicted molar refractivity (Wildman–Crippen MR) is 78.7 cm³/mol. The maximum Gasteiger partial charge on any atom is 0.350 e. The average Bonchev–Trinajstić information content (AvgIpc) is 2.40. The maximum absolute atomic E-state index is 11.0. The van der Waals surface area contributed by atoms with Crippen LogP contribution in [0.25, 0.3) is 0 Å². The fraction of sp³-hybridized carbons (Fsp3) is 0.500. The van der Waals surface area contributed by atoms with Crippen LogP contribution in [0.3, 0.4) is 0 Å². The lowest BCUT2D eigenvalue weighted by Gasteiger charge is -2.18. The summed E-state index contributed by atoms with van der Waals surface area (Å²) in [6, 6.07) is 9.23. The molecule has 0 fully saturated rings. The molecule has 0 heterocycles. The van der Waals surface area contributed by atoms with Crippen LogP contribution >= 0.6 is 7.60 Å². The van der Waals surface area contributed by atoms with Gasteiger partial charge in [-0.3, -0.25) is 8.75 Å². The van der Waals surface area contributed by atoms with Gasteiger partial charge in [-0.15, -0.1) is 0 Å². The van der Waals surface area contributed by atoms with Crippen molar-refractivity contribution in [3.63, 3.8) is 0 Å². The Labute approximate surface area is 129 Å². The van der Waals surface area contributed by atoms with Gasteiger partial charge in [0.1, 0.15) is 12.5 Å². The lowest BCUT2D eigenvalue weighted by molar-refractivity contribution is -0.0290. The number of rotatable bonds is 10. The van der Waals surface area contributed by atoms with E-state index >= 15 is 0 Å². The van der Waals surface area contributed by atoms with Gasteiger partial charge in [-0.2, -0.15) is 8.42 Å². The van der Waals surface area contributed by atoms with Crippen molar-refractivity contribution in [2.45, 2.75) is 12.7 Å². The Balaban J connectivity index is 2.47. The van der Waals surface area contributed by atoms with Crippen molar-refractivity contribution < 1.29 is 36.4 Å². The van der Waals surface area contributed by atoms with E-state index < -0.39 is 30.2 Å². The summed E-state index contributed by atoms with van der Waals surface area (Å²) < 4.78 is 47.6. The van der Waals surface area contributed by atoms with Crippen LogP contribution in [0, 0.1) is 0 Å². The first-order chi connectivity index (χ1) is 10.2. The van der Waals surface area contributed by atoms with Crippen LogP contribution < -0.4 is 0 Å². The first kappa shape index (κ1) is 19.2. The van der Waals surface area contributed by atoms with Gasteiger partial charge in [0, 0.05) is 0 Å². The van der Waals surface area contributed by atoms with E-state index in [4.69, 9.17) is 19.3 Å². The first-order valence-electron chi connectivity index (χ1n) is 6.28. The molecule has 0 aliphatic rings. The fourth-order valence-corrected chi connectivity index (χ4v) is 2.23. The summed E-state index contributed by atoms with van der Waals surface area (Å²) in [7, 11) is -8.04. The van der Waals surface area contributed by atoms with E-state index in [1.165, 1.54) is 0 Å². The summed E-state index contributed by atoms with van der Waals surface area (Å²) in [6.07, 6.45) is -0.872. The Kier molecular flexibility index (Phi) is 7.64. The third-order valence-electron chi connectivity index (χ3n) is 2.36. The quantitative estimate of drug-likeness (QED) is 0.465. The molecule has 10 heteroatoms. The molecule has 1 atom stereocenters. The highest BCUT2D eigenvalue weighted by atomic mass is 32.2. The lowest BCUT2D eigenvalue weighted by Crippen LogP contribution is -2.27. The average molecular weight is 354 g/mol. The van der Waals surface area contributed by atoms with E-state index in [9.17, 15) is 13.0 Å². The molecule has 1 rings (SSSR count). The zero-order chi connectivity index (χ0) is 16.6. The molecule has 1 aromatic rings. The highest BCUT2D eigenvalue weighted by Gasteiger charge is 2.20. The molecular weight excluding hydrogens is 335 g/mol. The van der Waals surface area contributed by atoms with Gasteiger partial charge in [0.05, 0.1) is 26.1 Å². The number of benzene rings is 1. The van der Waals surface area contributed by atoms with Crippen molar-refractivity contribution in [3.8, 4) is 0 Å². The second kappa shape index (κ2) is 8.73. The van der Waals surface area contributed by atoms with E-state index in [0.717, 1.165) is 11.8 Å². The smallest absolute Gasteiger partial charge is 0.350 e. The van der Waals surface area contributed by atoms with Crippen molar-refractivity contribution in [2.24, 2.45) is 0 Å². The molecule has 0 aliphatic carbocycles. The minimum atomic E-state index is -4.36. The fourth-order valence-electron chi connectivity index (χ4n) is 1.43. The van der Waals surface area contributed by atoms with Gasteiger partial charge in [0.25, 0.3) is 10.1 Å². The molecule has 0 spiro atoms. The van der Waals surface area contributed by atoms with Crippen LogP contribution in [-0.4, -0.2) is 50.1 Å². The molecule has 126 valence electrons. The van der Waals surface area contributed by atoms with Crippen molar-refractivity contribution in [1.29, 1.82) is 0 Å². The zero-order valence-corrected chi connectivity index (χ0v) is 13.7. The molecule has 0 unspecified atom stereocenters. The highest BCUT2D eigenvalue weighted by molar-refractivity contribution is 7.85. The number of hydrogen-bond donors (Lipinski definition) is 2. The Bertz CT molecular complexity index is 582. The van der Waals surface area contributed by atoms with Crippen LogP contribution in [0.4, 0.5) is 0 Å². The summed E-state index contributed by atoms with van der Waals surface area (Å²) >= 11 is 0. The Morgan fingerprint density at radius 1 is 1.18 bits per heavy atom. The molecule has 0 radical (unpaired) electrons. The second-order valence-electron chi connectivity index (χ2n) is 4.57. The SMILES string of the molecule is CS(=O)(=O)OC[C@@H](COCc1ccccc1)OCP(=O)(O)O. The molecule has 22 heavy (non-hydrogen) atoms. The monoisotopic (exact) mass is 354 g/mol. The van der Waals surface area contributed by atoms with Crippen molar-refractivity contribution in [2.75, 3.05) is 25.8 Å². The molecule has 2 N–H and O–H groups in total. The van der Waals surface area contributed by atoms with Crippen molar-refractivity contribution in [3.05, 3.63) is 35.9 Å². The third-order valence-corrected chi connectivity index (χ3v) is 3.41. The van der Waals surface area contributed by atoms with Crippen molar-refractivity contribution in [1.82, 2.24) is 0 Å². The van der Waals surface area contributed by atoms with E-state index in [1.807, 2.05) is 30.3 Å².